The van der Waals surface area contributed by atoms with E-state index >= 15 is 0 Å². The Bertz CT molecular complexity index is 353. The second-order valence-corrected chi connectivity index (χ2v) is 5.33. The number of aliphatic carboxylic acids is 1. The number of hydrogen-bond acceptors (Lipinski definition) is 2. The minimum atomic E-state index is -0.851. The predicted octanol–water partition coefficient (Wildman–Crippen LogP) is 2.20. The highest BCUT2D eigenvalue weighted by atomic mass is 16.4. The zero-order chi connectivity index (χ0) is 13.1. The Morgan fingerprint density at radius 3 is 2.72 bits per heavy atom. The van der Waals surface area contributed by atoms with Crippen molar-refractivity contribution in [3.63, 3.8) is 0 Å². The molecule has 1 aliphatic heterocycles. The van der Waals surface area contributed by atoms with Crippen molar-refractivity contribution in [2.75, 3.05) is 0 Å². The van der Waals surface area contributed by atoms with E-state index in [0.717, 1.165) is 19.3 Å². The second-order valence-electron chi connectivity index (χ2n) is 5.33. The maximum absolute atomic E-state index is 12.2. The van der Waals surface area contributed by atoms with Crippen LogP contribution in [0.2, 0.25) is 0 Å². The first kappa shape index (κ1) is 13.1. The lowest BCUT2D eigenvalue weighted by molar-refractivity contribution is -0.149. The third kappa shape index (κ3) is 2.42. The van der Waals surface area contributed by atoms with Gasteiger partial charge in [-0.1, -0.05) is 18.9 Å². The molecule has 2 rings (SSSR count). The third-order valence-corrected chi connectivity index (χ3v) is 4.22. The van der Waals surface area contributed by atoms with Gasteiger partial charge in [0.25, 0.3) is 0 Å². The first-order valence-electron chi connectivity index (χ1n) is 6.80. The Morgan fingerprint density at radius 2 is 2.06 bits per heavy atom. The van der Waals surface area contributed by atoms with E-state index in [1.807, 2.05) is 0 Å². The van der Waals surface area contributed by atoms with Crippen LogP contribution in [0.15, 0.2) is 12.7 Å². The number of carboxylic acid groups (broad SMARTS) is 1. The van der Waals surface area contributed by atoms with Gasteiger partial charge >= 0.3 is 5.97 Å². The van der Waals surface area contributed by atoms with Gasteiger partial charge in [-0.15, -0.1) is 6.58 Å². The van der Waals surface area contributed by atoms with Crippen molar-refractivity contribution in [1.29, 1.82) is 0 Å². The molecule has 4 nitrogen and oxygen atoms in total. The van der Waals surface area contributed by atoms with Crippen molar-refractivity contribution < 1.29 is 14.7 Å². The molecule has 1 amide bonds. The maximum atomic E-state index is 12.2. The average molecular weight is 251 g/mol. The van der Waals surface area contributed by atoms with E-state index in [0.29, 0.717) is 25.2 Å². The van der Waals surface area contributed by atoms with Crippen LogP contribution in [0.3, 0.4) is 0 Å². The summed E-state index contributed by atoms with van der Waals surface area (Å²) < 4.78 is 0. The van der Waals surface area contributed by atoms with Crippen molar-refractivity contribution in [2.45, 2.75) is 57.0 Å². The topological polar surface area (TPSA) is 57.6 Å². The molecular formula is C14H21NO3. The van der Waals surface area contributed by atoms with Gasteiger partial charge in [0.1, 0.15) is 6.04 Å². The molecule has 4 heteroatoms. The highest BCUT2D eigenvalue weighted by Crippen LogP contribution is 2.40. The van der Waals surface area contributed by atoms with Crippen LogP contribution in [0.4, 0.5) is 0 Å². The van der Waals surface area contributed by atoms with Gasteiger partial charge in [0.2, 0.25) is 5.91 Å². The molecule has 1 aliphatic carbocycles. The standard InChI is InChI=1S/C14H21NO3/c1-2-3-8-13(16)15-11-7-5-4-6-10(11)9-12(15)14(17)18/h2,10-12H,1,3-9H2,(H,17,18). The summed E-state index contributed by atoms with van der Waals surface area (Å²) in [4.78, 5) is 25.2. The normalized spacial score (nSPS) is 30.9. The fraction of sp³-hybridized carbons (Fsp3) is 0.714. The smallest absolute Gasteiger partial charge is 0.326 e. The summed E-state index contributed by atoms with van der Waals surface area (Å²) in [6.07, 6.45) is 7.67. The molecule has 0 aromatic heterocycles. The number of allylic oxidation sites excluding steroid dienone is 1. The number of carbonyl (C=O) groups excluding carboxylic acids is 1. The second kappa shape index (κ2) is 5.55. The summed E-state index contributed by atoms with van der Waals surface area (Å²) in [7, 11) is 0. The first-order chi connectivity index (χ1) is 8.65. The van der Waals surface area contributed by atoms with Crippen LogP contribution in [0.5, 0.6) is 0 Å². The van der Waals surface area contributed by atoms with Crippen molar-refractivity contribution in [3.05, 3.63) is 12.7 Å². The van der Waals surface area contributed by atoms with E-state index in [1.54, 1.807) is 11.0 Å². The molecule has 0 bridgehead atoms. The van der Waals surface area contributed by atoms with E-state index in [1.165, 1.54) is 6.42 Å². The monoisotopic (exact) mass is 251 g/mol. The van der Waals surface area contributed by atoms with Crippen LogP contribution in [-0.2, 0) is 9.59 Å². The van der Waals surface area contributed by atoms with E-state index in [2.05, 4.69) is 6.58 Å². The summed E-state index contributed by atoms with van der Waals surface area (Å²) in [6.45, 7) is 3.61. The van der Waals surface area contributed by atoms with Crippen molar-refractivity contribution >= 4 is 11.9 Å². The Morgan fingerprint density at radius 1 is 1.33 bits per heavy atom. The Kier molecular flexibility index (Phi) is 4.04. The van der Waals surface area contributed by atoms with Gasteiger partial charge in [-0.2, -0.15) is 0 Å². The summed E-state index contributed by atoms with van der Waals surface area (Å²) >= 11 is 0. The van der Waals surface area contributed by atoms with E-state index in [4.69, 9.17) is 0 Å². The van der Waals surface area contributed by atoms with Crippen molar-refractivity contribution in [1.82, 2.24) is 4.90 Å². The molecule has 2 aliphatic rings. The zero-order valence-corrected chi connectivity index (χ0v) is 10.7. The summed E-state index contributed by atoms with van der Waals surface area (Å²) in [6, 6.07) is -0.437. The molecule has 1 saturated carbocycles. The summed E-state index contributed by atoms with van der Waals surface area (Å²) in [5.74, 6) is -0.472. The van der Waals surface area contributed by atoms with Crippen LogP contribution >= 0.6 is 0 Å². The minimum absolute atomic E-state index is 0.0169. The lowest BCUT2D eigenvalue weighted by Gasteiger charge is -2.33. The lowest BCUT2D eigenvalue weighted by Crippen LogP contribution is -2.46. The average Bonchev–Trinajstić information content (AvgIpc) is 2.75. The molecule has 3 atom stereocenters. The summed E-state index contributed by atoms with van der Waals surface area (Å²) in [5, 5.41) is 9.29. The van der Waals surface area contributed by atoms with E-state index < -0.39 is 12.0 Å². The van der Waals surface area contributed by atoms with Crippen LogP contribution in [0, 0.1) is 5.92 Å². The largest absolute Gasteiger partial charge is 0.480 e. The lowest BCUT2D eigenvalue weighted by atomic mass is 9.84. The quantitative estimate of drug-likeness (QED) is 0.779. The molecular weight excluding hydrogens is 230 g/mol. The van der Waals surface area contributed by atoms with Gasteiger partial charge in [0, 0.05) is 12.5 Å². The third-order valence-electron chi connectivity index (χ3n) is 4.22. The molecule has 100 valence electrons. The number of fused-ring (bicyclic) bond motifs is 1. The van der Waals surface area contributed by atoms with Gasteiger partial charge < -0.3 is 10.0 Å². The van der Waals surface area contributed by atoms with Gasteiger partial charge in [-0.05, 0) is 31.6 Å². The number of carboxylic acids is 1. The van der Waals surface area contributed by atoms with Crippen LogP contribution in [0.1, 0.15) is 44.9 Å². The Hall–Kier alpha value is -1.32. The van der Waals surface area contributed by atoms with Crippen molar-refractivity contribution in [3.8, 4) is 0 Å². The van der Waals surface area contributed by atoms with E-state index in [9.17, 15) is 14.7 Å². The zero-order valence-electron chi connectivity index (χ0n) is 10.7. The molecule has 1 saturated heterocycles. The fourth-order valence-corrected chi connectivity index (χ4v) is 3.39. The molecule has 1 N–H and O–H groups in total. The number of carbonyl (C=O) groups is 2. The molecule has 0 aromatic carbocycles. The molecule has 3 unspecified atom stereocenters. The highest BCUT2D eigenvalue weighted by Gasteiger charge is 2.46. The molecule has 0 spiro atoms. The Balaban J connectivity index is 2.13. The van der Waals surface area contributed by atoms with Crippen LogP contribution < -0.4 is 0 Å². The maximum Gasteiger partial charge on any atom is 0.326 e. The molecule has 0 aromatic rings. The molecule has 18 heavy (non-hydrogen) atoms. The number of nitrogens with zero attached hydrogens (tertiary/aromatic N) is 1. The van der Waals surface area contributed by atoms with Crippen LogP contribution in [-0.4, -0.2) is 34.0 Å². The molecule has 0 radical (unpaired) electrons. The molecule has 1 heterocycles. The number of hydrogen-bond donors (Lipinski definition) is 1. The van der Waals surface area contributed by atoms with E-state index in [-0.39, 0.29) is 11.9 Å². The summed E-state index contributed by atoms with van der Waals surface area (Å²) in [5.41, 5.74) is 0. The van der Waals surface area contributed by atoms with Crippen molar-refractivity contribution in [2.24, 2.45) is 5.92 Å². The number of amides is 1. The fourth-order valence-electron chi connectivity index (χ4n) is 3.39. The highest BCUT2D eigenvalue weighted by molar-refractivity contribution is 5.84. The predicted molar refractivity (Wildman–Crippen MR) is 68.1 cm³/mol. The molecule has 2 fully saturated rings. The SMILES string of the molecule is C=CCCC(=O)N1C(C(=O)O)CC2CCCCC21. The number of rotatable bonds is 4. The van der Waals surface area contributed by atoms with Gasteiger partial charge in [0.15, 0.2) is 0 Å². The number of likely N-dealkylation sites (tertiary alicyclic amines) is 1. The van der Waals surface area contributed by atoms with Crippen LogP contribution in [0.25, 0.3) is 0 Å². The van der Waals surface area contributed by atoms with Gasteiger partial charge in [-0.3, -0.25) is 4.79 Å². The first-order valence-corrected chi connectivity index (χ1v) is 6.80. The van der Waals surface area contributed by atoms with Gasteiger partial charge in [0.05, 0.1) is 0 Å². The van der Waals surface area contributed by atoms with Gasteiger partial charge in [-0.25, -0.2) is 4.79 Å². The Labute approximate surface area is 108 Å². The minimum Gasteiger partial charge on any atom is -0.480 e.